The molecule has 1 rings (SSSR count). The number of hydrogen-bond donors (Lipinski definition) is 2. The fourth-order valence-corrected chi connectivity index (χ4v) is 1.03. The molecule has 4 heteroatoms. The Kier molecular flexibility index (Phi) is 2.24. The van der Waals surface area contributed by atoms with Gasteiger partial charge in [0, 0.05) is 0 Å². The maximum Gasteiger partial charge on any atom is 0.252 e. The molecule has 0 aliphatic rings. The number of phenols is 1. The quantitative estimate of drug-likeness (QED) is 0.696. The second-order valence-corrected chi connectivity index (χ2v) is 2.83. The first kappa shape index (κ1) is 8.87. The third kappa shape index (κ3) is 1.36. The van der Waals surface area contributed by atoms with Gasteiger partial charge in [0.1, 0.15) is 5.75 Å². The van der Waals surface area contributed by atoms with Gasteiger partial charge in [0.2, 0.25) is 0 Å². The van der Waals surface area contributed by atoms with Gasteiger partial charge in [-0.25, -0.2) is 0 Å². The molecule has 64 valence electrons. The number of carbonyl (C=O) groups is 1. The number of benzene rings is 1. The molecule has 0 aliphatic heterocycles. The Balaban J connectivity index is 3.36. The smallest absolute Gasteiger partial charge is 0.252 e. The minimum Gasteiger partial charge on any atom is -0.506 e. The normalized spacial score (nSPS) is 9.83. The Morgan fingerprint density at radius 1 is 1.58 bits per heavy atom. The van der Waals surface area contributed by atoms with E-state index in [1.54, 1.807) is 13.0 Å². The molecular weight excluding hydrogens is 178 g/mol. The van der Waals surface area contributed by atoms with Crippen molar-refractivity contribution in [3.8, 4) is 5.75 Å². The number of rotatable bonds is 1. The van der Waals surface area contributed by atoms with Gasteiger partial charge in [0.15, 0.2) is 0 Å². The lowest BCUT2D eigenvalue weighted by Gasteiger charge is -2.04. The van der Waals surface area contributed by atoms with Gasteiger partial charge in [-0.2, -0.15) is 0 Å². The van der Waals surface area contributed by atoms with Crippen LogP contribution < -0.4 is 5.73 Å². The number of aromatic hydroxyl groups is 1. The molecule has 0 bridgehead atoms. The van der Waals surface area contributed by atoms with E-state index < -0.39 is 5.91 Å². The molecule has 0 unspecified atom stereocenters. The first-order valence-corrected chi connectivity index (χ1v) is 3.69. The standard InChI is InChI=1S/C8H8ClNO2/c1-4-2-3-5(8(10)12)7(11)6(4)9/h2-3,11H,1H3,(H2,10,12). The van der Waals surface area contributed by atoms with E-state index in [0.717, 1.165) is 0 Å². The van der Waals surface area contributed by atoms with E-state index in [1.165, 1.54) is 6.07 Å². The number of carbonyl (C=O) groups excluding carboxylic acids is 1. The van der Waals surface area contributed by atoms with Crippen molar-refractivity contribution in [2.45, 2.75) is 6.92 Å². The largest absolute Gasteiger partial charge is 0.506 e. The molecule has 3 nitrogen and oxygen atoms in total. The summed E-state index contributed by atoms with van der Waals surface area (Å²) in [6, 6.07) is 3.07. The SMILES string of the molecule is Cc1ccc(C(N)=O)c(O)c1Cl. The highest BCUT2D eigenvalue weighted by Gasteiger charge is 2.11. The van der Waals surface area contributed by atoms with Crippen LogP contribution >= 0.6 is 11.6 Å². The van der Waals surface area contributed by atoms with Crippen LogP contribution in [0.2, 0.25) is 5.02 Å². The van der Waals surface area contributed by atoms with Crippen molar-refractivity contribution in [1.82, 2.24) is 0 Å². The van der Waals surface area contributed by atoms with Crippen molar-refractivity contribution in [2.24, 2.45) is 5.73 Å². The molecule has 0 aromatic heterocycles. The van der Waals surface area contributed by atoms with Gasteiger partial charge in [0.05, 0.1) is 10.6 Å². The maximum atomic E-state index is 10.7. The average molecular weight is 186 g/mol. The number of nitrogens with two attached hydrogens (primary N) is 1. The van der Waals surface area contributed by atoms with Crippen molar-refractivity contribution >= 4 is 17.5 Å². The molecule has 3 N–H and O–H groups in total. The van der Waals surface area contributed by atoms with Gasteiger partial charge < -0.3 is 10.8 Å². The van der Waals surface area contributed by atoms with Crippen molar-refractivity contribution in [3.63, 3.8) is 0 Å². The topological polar surface area (TPSA) is 63.3 Å². The molecule has 0 saturated carbocycles. The second-order valence-electron chi connectivity index (χ2n) is 2.46. The van der Waals surface area contributed by atoms with E-state index in [4.69, 9.17) is 17.3 Å². The lowest BCUT2D eigenvalue weighted by molar-refractivity contribution is 0.0998. The summed E-state index contributed by atoms with van der Waals surface area (Å²) in [5, 5.41) is 9.49. The monoisotopic (exact) mass is 185 g/mol. The average Bonchev–Trinajstić information content (AvgIpc) is 2.00. The highest BCUT2D eigenvalue weighted by atomic mass is 35.5. The summed E-state index contributed by atoms with van der Waals surface area (Å²) in [5.74, 6) is -0.932. The molecule has 0 saturated heterocycles. The molecule has 0 radical (unpaired) electrons. The lowest BCUT2D eigenvalue weighted by Crippen LogP contribution is -2.11. The minimum absolute atomic E-state index is 0.0469. The summed E-state index contributed by atoms with van der Waals surface area (Å²) in [6.07, 6.45) is 0. The fourth-order valence-electron chi connectivity index (χ4n) is 0.864. The van der Waals surface area contributed by atoms with E-state index in [1.807, 2.05) is 0 Å². The van der Waals surface area contributed by atoms with Gasteiger partial charge >= 0.3 is 0 Å². The van der Waals surface area contributed by atoms with Gasteiger partial charge in [0.25, 0.3) is 5.91 Å². The Morgan fingerprint density at radius 2 is 2.17 bits per heavy atom. The van der Waals surface area contributed by atoms with E-state index in [-0.39, 0.29) is 16.3 Å². The van der Waals surface area contributed by atoms with E-state index in [9.17, 15) is 9.90 Å². The van der Waals surface area contributed by atoms with Crippen molar-refractivity contribution in [1.29, 1.82) is 0 Å². The van der Waals surface area contributed by atoms with Crippen LogP contribution in [0.5, 0.6) is 5.75 Å². The highest BCUT2D eigenvalue weighted by molar-refractivity contribution is 6.33. The predicted molar refractivity (Wildman–Crippen MR) is 46.4 cm³/mol. The first-order chi connectivity index (χ1) is 5.54. The van der Waals surface area contributed by atoms with Crippen LogP contribution in [-0.2, 0) is 0 Å². The molecule has 0 aliphatic carbocycles. The zero-order chi connectivity index (χ0) is 9.30. The van der Waals surface area contributed by atoms with Crippen LogP contribution in [0.25, 0.3) is 0 Å². The summed E-state index contributed by atoms with van der Waals surface area (Å²) in [6.45, 7) is 1.73. The van der Waals surface area contributed by atoms with Gasteiger partial charge in [-0.15, -0.1) is 0 Å². The molecule has 0 heterocycles. The summed E-state index contributed by atoms with van der Waals surface area (Å²) in [7, 11) is 0. The zero-order valence-electron chi connectivity index (χ0n) is 6.47. The highest BCUT2D eigenvalue weighted by Crippen LogP contribution is 2.29. The first-order valence-electron chi connectivity index (χ1n) is 3.32. The molecule has 1 amide bonds. The number of halogens is 1. The van der Waals surface area contributed by atoms with Crippen LogP contribution in [0.4, 0.5) is 0 Å². The fraction of sp³-hybridized carbons (Fsp3) is 0.125. The molecular formula is C8H8ClNO2. The lowest BCUT2D eigenvalue weighted by atomic mass is 10.1. The number of primary amides is 1. The van der Waals surface area contributed by atoms with Crippen LogP contribution in [0, 0.1) is 6.92 Å². The van der Waals surface area contributed by atoms with E-state index >= 15 is 0 Å². The number of amides is 1. The van der Waals surface area contributed by atoms with Crippen molar-refractivity contribution in [2.75, 3.05) is 0 Å². The Labute approximate surface area is 74.8 Å². The number of hydrogen-bond acceptors (Lipinski definition) is 2. The Bertz CT molecular complexity index is 336. The molecule has 0 spiro atoms. The summed E-state index contributed by atoms with van der Waals surface area (Å²) < 4.78 is 0. The Morgan fingerprint density at radius 3 is 2.67 bits per heavy atom. The molecule has 1 aromatic carbocycles. The maximum absolute atomic E-state index is 10.7. The van der Waals surface area contributed by atoms with E-state index in [0.29, 0.717) is 5.56 Å². The van der Waals surface area contributed by atoms with Crippen LogP contribution in [0.3, 0.4) is 0 Å². The second kappa shape index (κ2) is 3.03. The third-order valence-electron chi connectivity index (χ3n) is 1.57. The zero-order valence-corrected chi connectivity index (χ0v) is 7.22. The van der Waals surface area contributed by atoms with Crippen LogP contribution in [0.1, 0.15) is 15.9 Å². The third-order valence-corrected chi connectivity index (χ3v) is 2.05. The van der Waals surface area contributed by atoms with Gasteiger partial charge in [-0.1, -0.05) is 17.7 Å². The Hall–Kier alpha value is -1.22. The van der Waals surface area contributed by atoms with Crippen LogP contribution in [0.15, 0.2) is 12.1 Å². The molecule has 0 fully saturated rings. The van der Waals surface area contributed by atoms with Gasteiger partial charge in [-0.05, 0) is 18.6 Å². The summed E-state index contributed by atoms with van der Waals surface area (Å²) >= 11 is 5.67. The van der Waals surface area contributed by atoms with Crippen molar-refractivity contribution < 1.29 is 9.90 Å². The molecule has 1 aromatic rings. The summed E-state index contributed by atoms with van der Waals surface area (Å²) in [5.41, 5.74) is 5.73. The minimum atomic E-state index is -0.686. The summed E-state index contributed by atoms with van der Waals surface area (Å²) in [4.78, 5) is 10.7. The predicted octanol–water partition coefficient (Wildman–Crippen LogP) is 1.45. The van der Waals surface area contributed by atoms with Crippen LogP contribution in [-0.4, -0.2) is 11.0 Å². The van der Waals surface area contributed by atoms with Gasteiger partial charge in [-0.3, -0.25) is 4.79 Å². The number of aryl methyl sites for hydroxylation is 1. The molecule has 12 heavy (non-hydrogen) atoms. The molecule has 0 atom stereocenters. The van der Waals surface area contributed by atoms with Crippen molar-refractivity contribution in [3.05, 3.63) is 28.3 Å². The van der Waals surface area contributed by atoms with E-state index in [2.05, 4.69) is 0 Å².